The Hall–Kier alpha value is -2.34. The molecule has 1 aromatic carbocycles. The standard InChI is InChI=1S/C15H16FNO4/c1-3-20-14-8-10(16)4-6-12(14)17-15(18)13-7-5-11(21-13)9-19-2/h4-8H,3,9H2,1-2H3,(H,17,18). The molecule has 5 nitrogen and oxygen atoms in total. The van der Waals surface area contributed by atoms with E-state index in [0.29, 0.717) is 18.1 Å². The Morgan fingerprint density at radius 2 is 2.14 bits per heavy atom. The topological polar surface area (TPSA) is 60.7 Å². The second-order valence-corrected chi connectivity index (χ2v) is 4.23. The molecular weight excluding hydrogens is 277 g/mol. The molecule has 112 valence electrons. The summed E-state index contributed by atoms with van der Waals surface area (Å²) in [5.74, 6) is 0.0943. The maximum Gasteiger partial charge on any atom is 0.291 e. The fraction of sp³-hybridized carbons (Fsp3) is 0.267. The summed E-state index contributed by atoms with van der Waals surface area (Å²) in [5, 5.41) is 2.63. The van der Waals surface area contributed by atoms with Gasteiger partial charge in [0.1, 0.15) is 23.9 Å². The van der Waals surface area contributed by atoms with Crippen LogP contribution in [0.3, 0.4) is 0 Å². The Labute approximate surface area is 121 Å². The van der Waals surface area contributed by atoms with Crippen molar-refractivity contribution in [3.05, 3.63) is 47.7 Å². The number of carbonyl (C=O) groups excluding carboxylic acids is 1. The molecule has 2 aromatic rings. The van der Waals surface area contributed by atoms with Crippen LogP contribution in [-0.2, 0) is 11.3 Å². The van der Waals surface area contributed by atoms with Crippen LogP contribution in [0.2, 0.25) is 0 Å². The van der Waals surface area contributed by atoms with E-state index in [-0.39, 0.29) is 18.1 Å². The fourth-order valence-electron chi connectivity index (χ4n) is 1.78. The van der Waals surface area contributed by atoms with Gasteiger partial charge in [0.25, 0.3) is 5.91 Å². The zero-order valence-electron chi connectivity index (χ0n) is 11.8. The predicted octanol–water partition coefficient (Wildman–Crippen LogP) is 3.22. The van der Waals surface area contributed by atoms with Gasteiger partial charge in [-0.3, -0.25) is 4.79 Å². The number of ether oxygens (including phenoxy) is 2. The van der Waals surface area contributed by atoms with Crippen molar-refractivity contribution >= 4 is 11.6 Å². The molecule has 1 aromatic heterocycles. The number of halogens is 1. The molecule has 0 saturated heterocycles. The number of nitrogens with one attached hydrogen (secondary N) is 1. The highest BCUT2D eigenvalue weighted by atomic mass is 19.1. The summed E-state index contributed by atoms with van der Waals surface area (Å²) >= 11 is 0. The van der Waals surface area contributed by atoms with Crippen molar-refractivity contribution < 1.29 is 23.1 Å². The Balaban J connectivity index is 2.14. The summed E-state index contributed by atoms with van der Waals surface area (Å²) in [5.41, 5.74) is 0.382. The number of rotatable bonds is 6. The summed E-state index contributed by atoms with van der Waals surface area (Å²) < 4.78 is 28.7. The smallest absolute Gasteiger partial charge is 0.291 e. The number of carbonyl (C=O) groups is 1. The van der Waals surface area contributed by atoms with E-state index in [4.69, 9.17) is 13.9 Å². The van der Waals surface area contributed by atoms with E-state index in [1.165, 1.54) is 25.3 Å². The van der Waals surface area contributed by atoms with E-state index in [1.54, 1.807) is 19.1 Å². The fourth-order valence-corrected chi connectivity index (χ4v) is 1.78. The van der Waals surface area contributed by atoms with Gasteiger partial charge in [-0.15, -0.1) is 0 Å². The van der Waals surface area contributed by atoms with Crippen molar-refractivity contribution in [2.24, 2.45) is 0 Å². The Bertz CT molecular complexity index is 624. The summed E-state index contributed by atoms with van der Waals surface area (Å²) in [4.78, 5) is 12.1. The lowest BCUT2D eigenvalue weighted by molar-refractivity contribution is 0.0987. The number of amides is 1. The molecule has 6 heteroatoms. The number of methoxy groups -OCH3 is 1. The van der Waals surface area contributed by atoms with Gasteiger partial charge in [-0.1, -0.05) is 0 Å². The molecule has 21 heavy (non-hydrogen) atoms. The van der Waals surface area contributed by atoms with Crippen LogP contribution in [0.25, 0.3) is 0 Å². The highest BCUT2D eigenvalue weighted by Gasteiger charge is 2.14. The zero-order valence-corrected chi connectivity index (χ0v) is 11.8. The van der Waals surface area contributed by atoms with Crippen molar-refractivity contribution in [2.75, 3.05) is 19.0 Å². The summed E-state index contributed by atoms with van der Waals surface area (Å²) in [6.45, 7) is 2.43. The average molecular weight is 293 g/mol. The first-order chi connectivity index (χ1) is 10.1. The maximum absolute atomic E-state index is 13.2. The van der Waals surface area contributed by atoms with Crippen molar-refractivity contribution in [1.82, 2.24) is 0 Å². The number of furan rings is 1. The van der Waals surface area contributed by atoms with Crippen LogP contribution in [0.15, 0.2) is 34.7 Å². The number of anilines is 1. The zero-order chi connectivity index (χ0) is 15.2. The van der Waals surface area contributed by atoms with E-state index < -0.39 is 11.7 Å². The average Bonchev–Trinajstić information content (AvgIpc) is 2.91. The second-order valence-electron chi connectivity index (χ2n) is 4.23. The lowest BCUT2D eigenvalue weighted by atomic mass is 10.2. The Morgan fingerprint density at radius 1 is 1.33 bits per heavy atom. The molecule has 1 heterocycles. The van der Waals surface area contributed by atoms with Gasteiger partial charge in [0.15, 0.2) is 5.76 Å². The van der Waals surface area contributed by atoms with Crippen molar-refractivity contribution in [2.45, 2.75) is 13.5 Å². The summed E-state index contributed by atoms with van der Waals surface area (Å²) in [6.07, 6.45) is 0. The first-order valence-electron chi connectivity index (χ1n) is 6.45. The van der Waals surface area contributed by atoms with Crippen molar-refractivity contribution in [3.63, 3.8) is 0 Å². The number of benzene rings is 1. The third kappa shape index (κ3) is 3.82. The van der Waals surface area contributed by atoms with Crippen LogP contribution in [0.1, 0.15) is 23.2 Å². The molecule has 0 unspecified atom stereocenters. The van der Waals surface area contributed by atoms with Gasteiger partial charge in [0.2, 0.25) is 0 Å². The van der Waals surface area contributed by atoms with E-state index in [0.717, 1.165) is 0 Å². The van der Waals surface area contributed by atoms with E-state index in [1.807, 2.05) is 0 Å². The minimum atomic E-state index is -0.440. The van der Waals surface area contributed by atoms with Crippen LogP contribution < -0.4 is 10.1 Å². The molecule has 1 N–H and O–H groups in total. The molecule has 0 atom stereocenters. The van der Waals surface area contributed by atoms with Crippen LogP contribution in [0, 0.1) is 5.82 Å². The molecule has 0 aliphatic heterocycles. The molecular formula is C15H16FNO4. The van der Waals surface area contributed by atoms with Crippen molar-refractivity contribution in [3.8, 4) is 5.75 Å². The monoisotopic (exact) mass is 293 g/mol. The largest absolute Gasteiger partial charge is 0.492 e. The van der Waals surface area contributed by atoms with Crippen LogP contribution in [-0.4, -0.2) is 19.6 Å². The Morgan fingerprint density at radius 3 is 2.86 bits per heavy atom. The van der Waals surface area contributed by atoms with Gasteiger partial charge < -0.3 is 19.2 Å². The number of hydrogen-bond donors (Lipinski definition) is 1. The summed E-state index contributed by atoms with van der Waals surface area (Å²) in [6, 6.07) is 7.12. The molecule has 0 fully saturated rings. The normalized spacial score (nSPS) is 10.4. The molecule has 2 rings (SSSR count). The highest BCUT2D eigenvalue weighted by Crippen LogP contribution is 2.26. The minimum absolute atomic E-state index is 0.147. The predicted molar refractivity (Wildman–Crippen MR) is 74.9 cm³/mol. The molecule has 0 spiro atoms. The molecule has 0 bridgehead atoms. The molecule has 0 saturated carbocycles. The Kier molecular flexibility index (Phi) is 4.94. The van der Waals surface area contributed by atoms with Gasteiger partial charge in [-0.05, 0) is 31.2 Å². The van der Waals surface area contributed by atoms with E-state index >= 15 is 0 Å². The molecule has 0 aliphatic rings. The molecule has 0 radical (unpaired) electrons. The molecule has 0 aliphatic carbocycles. The first kappa shape index (κ1) is 15.1. The van der Waals surface area contributed by atoms with Crippen LogP contribution in [0.4, 0.5) is 10.1 Å². The van der Waals surface area contributed by atoms with E-state index in [9.17, 15) is 9.18 Å². The quantitative estimate of drug-likeness (QED) is 0.888. The lowest BCUT2D eigenvalue weighted by Crippen LogP contribution is -2.12. The third-order valence-corrected chi connectivity index (χ3v) is 2.66. The lowest BCUT2D eigenvalue weighted by Gasteiger charge is -2.10. The van der Waals surface area contributed by atoms with Crippen molar-refractivity contribution in [1.29, 1.82) is 0 Å². The third-order valence-electron chi connectivity index (χ3n) is 2.66. The van der Waals surface area contributed by atoms with Gasteiger partial charge in [0.05, 0.1) is 12.3 Å². The van der Waals surface area contributed by atoms with Gasteiger partial charge in [-0.2, -0.15) is 0 Å². The number of hydrogen-bond acceptors (Lipinski definition) is 4. The van der Waals surface area contributed by atoms with Crippen LogP contribution >= 0.6 is 0 Å². The van der Waals surface area contributed by atoms with E-state index in [2.05, 4.69) is 5.32 Å². The second kappa shape index (κ2) is 6.90. The summed E-state index contributed by atoms with van der Waals surface area (Å²) in [7, 11) is 1.54. The van der Waals surface area contributed by atoms with Gasteiger partial charge in [-0.25, -0.2) is 4.39 Å². The molecule has 1 amide bonds. The highest BCUT2D eigenvalue weighted by molar-refractivity contribution is 6.03. The van der Waals surface area contributed by atoms with Gasteiger partial charge in [0, 0.05) is 13.2 Å². The SMILES string of the molecule is CCOc1cc(F)ccc1NC(=O)c1ccc(COC)o1. The minimum Gasteiger partial charge on any atom is -0.492 e. The van der Waals surface area contributed by atoms with Crippen LogP contribution in [0.5, 0.6) is 5.75 Å². The first-order valence-corrected chi connectivity index (χ1v) is 6.45. The van der Waals surface area contributed by atoms with Gasteiger partial charge >= 0.3 is 0 Å². The maximum atomic E-state index is 13.2.